The van der Waals surface area contributed by atoms with Crippen LogP contribution >= 0.6 is 0 Å². The van der Waals surface area contributed by atoms with Crippen LogP contribution in [0.1, 0.15) is 24.0 Å². The Labute approximate surface area is 160 Å². The third kappa shape index (κ3) is 2.72. The Bertz CT molecular complexity index is 1020. The first-order valence-electron chi connectivity index (χ1n) is 8.92. The number of aromatic amines is 2. The van der Waals surface area contributed by atoms with Crippen molar-refractivity contribution in [3.05, 3.63) is 44.1 Å². The molecule has 4 unspecified atom stereocenters. The molecule has 1 saturated heterocycles. The van der Waals surface area contributed by atoms with E-state index in [1.165, 1.54) is 0 Å². The number of benzene rings is 1. The number of nitrogens with one attached hydrogen (secondary N) is 5. The summed E-state index contributed by atoms with van der Waals surface area (Å²) in [5.41, 5.74) is 6.61. The number of hydrazine groups is 1. The van der Waals surface area contributed by atoms with Gasteiger partial charge in [0.2, 0.25) is 0 Å². The number of H-pyrrole nitrogens is 2. The quantitative estimate of drug-likeness (QED) is 0.497. The van der Waals surface area contributed by atoms with Crippen LogP contribution in [0.25, 0.3) is 0 Å². The molecule has 0 amide bonds. The SMILES string of the molecule is COc1cc(OC)c(C2c3c([nH]c(=O)[nH]c3=O)NC3NNC(C)C32)cc1OC. The zero-order chi connectivity index (χ0) is 20.0. The molecule has 4 rings (SSSR count). The number of ether oxygens (including phenoxy) is 3. The predicted octanol–water partition coefficient (Wildman–Crippen LogP) is 0.0850. The summed E-state index contributed by atoms with van der Waals surface area (Å²) in [5, 5.41) is 3.21. The Balaban J connectivity index is 2.00. The average molecular weight is 389 g/mol. The summed E-state index contributed by atoms with van der Waals surface area (Å²) in [4.78, 5) is 29.6. The minimum absolute atomic E-state index is 0.0356. The number of fused-ring (bicyclic) bond motifs is 2. The number of rotatable bonds is 4. The molecule has 150 valence electrons. The normalized spacial score (nSPS) is 25.4. The molecule has 0 bridgehead atoms. The predicted molar refractivity (Wildman–Crippen MR) is 102 cm³/mol. The monoisotopic (exact) mass is 389 g/mol. The van der Waals surface area contributed by atoms with Crippen molar-refractivity contribution in [2.24, 2.45) is 5.92 Å². The molecule has 28 heavy (non-hydrogen) atoms. The molecule has 10 heteroatoms. The smallest absolute Gasteiger partial charge is 0.327 e. The maximum Gasteiger partial charge on any atom is 0.327 e. The van der Waals surface area contributed by atoms with Crippen LogP contribution in [0.15, 0.2) is 21.7 Å². The maximum absolute atomic E-state index is 12.8. The van der Waals surface area contributed by atoms with Crippen LogP contribution in [0.3, 0.4) is 0 Å². The fourth-order valence-electron chi connectivity index (χ4n) is 4.23. The molecular weight excluding hydrogens is 366 g/mol. The molecule has 0 spiro atoms. The summed E-state index contributed by atoms with van der Waals surface area (Å²) in [6.07, 6.45) is -0.192. The molecule has 10 nitrogen and oxygen atoms in total. The van der Waals surface area contributed by atoms with Crippen molar-refractivity contribution < 1.29 is 14.2 Å². The van der Waals surface area contributed by atoms with Crippen LogP contribution in [-0.4, -0.2) is 43.5 Å². The van der Waals surface area contributed by atoms with Gasteiger partial charge in [-0.25, -0.2) is 10.2 Å². The van der Waals surface area contributed by atoms with Crippen LogP contribution in [0, 0.1) is 5.92 Å². The largest absolute Gasteiger partial charge is 0.496 e. The number of hydrogen-bond acceptors (Lipinski definition) is 8. The molecular formula is C18H23N5O5. The fourth-order valence-corrected chi connectivity index (χ4v) is 4.23. The maximum atomic E-state index is 12.8. The first kappa shape index (κ1) is 18.4. The van der Waals surface area contributed by atoms with Crippen molar-refractivity contribution in [2.75, 3.05) is 26.6 Å². The van der Waals surface area contributed by atoms with Gasteiger partial charge < -0.3 is 19.5 Å². The van der Waals surface area contributed by atoms with Crippen LogP contribution in [0.4, 0.5) is 5.82 Å². The Morgan fingerprint density at radius 1 is 0.893 bits per heavy atom. The van der Waals surface area contributed by atoms with Gasteiger partial charge in [-0.3, -0.25) is 20.2 Å². The first-order chi connectivity index (χ1) is 13.5. The van der Waals surface area contributed by atoms with Gasteiger partial charge in [-0.15, -0.1) is 0 Å². The highest BCUT2D eigenvalue weighted by molar-refractivity contribution is 5.59. The fraction of sp³-hybridized carbons (Fsp3) is 0.444. The van der Waals surface area contributed by atoms with Gasteiger partial charge in [-0.2, -0.15) is 0 Å². The third-order valence-corrected chi connectivity index (χ3v) is 5.48. The summed E-state index contributed by atoms with van der Waals surface area (Å²) in [6.45, 7) is 2.03. The molecule has 0 saturated carbocycles. The van der Waals surface area contributed by atoms with E-state index in [0.29, 0.717) is 28.6 Å². The van der Waals surface area contributed by atoms with E-state index in [9.17, 15) is 9.59 Å². The molecule has 2 aliphatic heterocycles. The van der Waals surface area contributed by atoms with Gasteiger partial charge in [-0.1, -0.05) is 0 Å². The second-order valence-electron chi connectivity index (χ2n) is 6.90. The van der Waals surface area contributed by atoms with Crippen molar-refractivity contribution >= 4 is 5.82 Å². The molecule has 2 aromatic rings. The number of methoxy groups -OCH3 is 3. The molecule has 0 aliphatic carbocycles. The Morgan fingerprint density at radius 3 is 2.25 bits per heavy atom. The highest BCUT2D eigenvalue weighted by Gasteiger charge is 2.47. The Kier molecular flexibility index (Phi) is 4.52. The van der Waals surface area contributed by atoms with Gasteiger partial charge in [0.15, 0.2) is 11.5 Å². The van der Waals surface area contributed by atoms with Crippen molar-refractivity contribution in [1.29, 1.82) is 0 Å². The summed E-state index contributed by atoms with van der Waals surface area (Å²) in [6, 6.07) is 3.61. The lowest BCUT2D eigenvalue weighted by atomic mass is 9.74. The van der Waals surface area contributed by atoms with E-state index in [0.717, 1.165) is 5.56 Å². The van der Waals surface area contributed by atoms with Crippen molar-refractivity contribution in [3.8, 4) is 17.2 Å². The lowest BCUT2D eigenvalue weighted by Gasteiger charge is -2.37. The van der Waals surface area contributed by atoms with Gasteiger partial charge in [0.1, 0.15) is 11.6 Å². The molecule has 1 fully saturated rings. The van der Waals surface area contributed by atoms with E-state index in [-0.39, 0.29) is 24.0 Å². The Morgan fingerprint density at radius 2 is 1.57 bits per heavy atom. The molecule has 1 aromatic carbocycles. The molecule has 4 atom stereocenters. The second-order valence-corrected chi connectivity index (χ2v) is 6.90. The summed E-state index contributed by atoms with van der Waals surface area (Å²) in [7, 11) is 4.67. The number of aromatic nitrogens is 2. The van der Waals surface area contributed by atoms with E-state index < -0.39 is 11.2 Å². The minimum Gasteiger partial charge on any atom is -0.496 e. The highest BCUT2D eigenvalue weighted by Crippen LogP contribution is 2.47. The summed E-state index contributed by atoms with van der Waals surface area (Å²) >= 11 is 0. The second kappa shape index (κ2) is 6.88. The van der Waals surface area contributed by atoms with E-state index in [4.69, 9.17) is 14.2 Å². The van der Waals surface area contributed by atoms with Gasteiger partial charge in [0.25, 0.3) is 5.56 Å². The van der Waals surface area contributed by atoms with Crippen molar-refractivity contribution in [1.82, 2.24) is 20.8 Å². The van der Waals surface area contributed by atoms with Gasteiger partial charge in [0.05, 0.1) is 33.1 Å². The lowest BCUT2D eigenvalue weighted by molar-refractivity contribution is 0.338. The number of anilines is 1. The topological polar surface area (TPSA) is 130 Å². The molecule has 3 heterocycles. The standard InChI is InChI=1S/C18H23N5O5/c1-7-12-13(8-5-10(27-3)11(28-4)6-9(8)26-2)14-15(19-16(12)23-22-7)20-18(25)21-17(14)24/h5-7,12-13,16,22-23H,1-4H3,(H3,19,20,21,24,25). The van der Waals surface area contributed by atoms with Gasteiger partial charge in [0, 0.05) is 29.5 Å². The van der Waals surface area contributed by atoms with Gasteiger partial charge >= 0.3 is 5.69 Å². The van der Waals surface area contributed by atoms with E-state index in [1.54, 1.807) is 27.4 Å². The van der Waals surface area contributed by atoms with Crippen LogP contribution in [-0.2, 0) is 0 Å². The van der Waals surface area contributed by atoms with Crippen molar-refractivity contribution in [3.63, 3.8) is 0 Å². The third-order valence-electron chi connectivity index (χ3n) is 5.48. The minimum atomic E-state index is -0.563. The van der Waals surface area contributed by atoms with Crippen LogP contribution in [0.5, 0.6) is 17.2 Å². The average Bonchev–Trinajstić information content (AvgIpc) is 3.05. The molecule has 5 N–H and O–H groups in total. The zero-order valence-electron chi connectivity index (χ0n) is 16.0. The molecule has 2 aliphatic rings. The summed E-state index contributed by atoms with van der Waals surface area (Å²) < 4.78 is 16.5. The molecule has 1 aromatic heterocycles. The van der Waals surface area contributed by atoms with Crippen LogP contribution in [0.2, 0.25) is 0 Å². The zero-order valence-corrected chi connectivity index (χ0v) is 16.0. The van der Waals surface area contributed by atoms with Gasteiger partial charge in [-0.05, 0) is 13.0 Å². The van der Waals surface area contributed by atoms with E-state index >= 15 is 0 Å². The van der Waals surface area contributed by atoms with E-state index in [1.807, 2.05) is 13.0 Å². The molecule has 0 radical (unpaired) electrons. The lowest BCUT2D eigenvalue weighted by Crippen LogP contribution is -2.47. The first-order valence-corrected chi connectivity index (χ1v) is 8.92. The summed E-state index contributed by atoms with van der Waals surface area (Å²) in [5.74, 6) is 1.61. The highest BCUT2D eigenvalue weighted by atomic mass is 16.5. The van der Waals surface area contributed by atoms with E-state index in [2.05, 4.69) is 26.1 Å². The van der Waals surface area contributed by atoms with Crippen molar-refractivity contribution in [2.45, 2.75) is 25.0 Å². The number of hydrogen-bond donors (Lipinski definition) is 5. The Hall–Kier alpha value is -2.98. The van der Waals surface area contributed by atoms with Crippen LogP contribution < -0.4 is 41.6 Å².